The van der Waals surface area contributed by atoms with E-state index in [0.29, 0.717) is 159 Å². The van der Waals surface area contributed by atoms with Crippen LogP contribution in [0.25, 0.3) is 11.3 Å². The Balaban J connectivity index is 0.794. The number of pyridine rings is 1. The van der Waals surface area contributed by atoms with Crippen LogP contribution in [-0.4, -0.2) is 209 Å². The number of nitrogens with one attached hydrogen (secondary N) is 2. The van der Waals surface area contributed by atoms with Crippen molar-refractivity contribution in [3.63, 3.8) is 0 Å². The minimum absolute atomic E-state index is 0.0133. The van der Waals surface area contributed by atoms with Crippen LogP contribution in [0.3, 0.4) is 0 Å². The Kier molecular flexibility index (Phi) is 26.4. The summed E-state index contributed by atoms with van der Waals surface area (Å²) in [7, 11) is 3.40. The zero-order valence-electron chi connectivity index (χ0n) is 46.5. The van der Waals surface area contributed by atoms with Crippen LogP contribution in [0.4, 0.5) is 11.4 Å². The summed E-state index contributed by atoms with van der Waals surface area (Å²) >= 11 is 0. The van der Waals surface area contributed by atoms with Gasteiger partial charge in [0.05, 0.1) is 110 Å². The maximum Gasteiger partial charge on any atom is 0.255 e. The fourth-order valence-electron chi connectivity index (χ4n) is 9.82. The summed E-state index contributed by atoms with van der Waals surface area (Å²) in [6.07, 6.45) is 8.74. The molecule has 0 spiro atoms. The minimum Gasteiger partial charge on any atom is -0.382 e. The SMILES string of the molecule is COCCOCCOCCOCCOCCOCCOCCOCC(=O)N1CCCN(CCN(C)C(=O)c2cccc(C(=O)Nc3ccc(N4CCCCC4)cc3-c3cc(C(=O)NC4CCCc5ccccc54)ccn3)c2)CC1. The summed E-state index contributed by atoms with van der Waals surface area (Å²) in [5.74, 6) is -0.801. The molecule has 1 unspecified atom stereocenters. The Morgan fingerprint density at radius 3 is 1.95 bits per heavy atom. The first-order valence-electron chi connectivity index (χ1n) is 28.2. The number of fused-ring (bicyclic) bond motifs is 1. The number of benzene rings is 3. The molecule has 19 heteroatoms. The second-order valence-corrected chi connectivity index (χ2v) is 19.9. The van der Waals surface area contributed by atoms with Gasteiger partial charge in [-0.25, -0.2) is 0 Å². The lowest BCUT2D eigenvalue weighted by Crippen LogP contribution is -2.40. The molecule has 0 radical (unpaired) electrons. The first-order chi connectivity index (χ1) is 38.8. The van der Waals surface area contributed by atoms with Crippen molar-refractivity contribution in [3.05, 3.63) is 113 Å². The van der Waals surface area contributed by atoms with Crippen LogP contribution in [0.5, 0.6) is 0 Å². The predicted octanol–water partition coefficient (Wildman–Crippen LogP) is 6.17. The summed E-state index contributed by atoms with van der Waals surface area (Å²) in [4.78, 5) is 67.6. The highest BCUT2D eigenvalue weighted by molar-refractivity contribution is 6.08. The third-order valence-corrected chi connectivity index (χ3v) is 14.2. The topological polar surface area (TPSA) is 192 Å². The predicted molar refractivity (Wildman–Crippen MR) is 302 cm³/mol. The molecule has 0 bridgehead atoms. The van der Waals surface area contributed by atoms with Crippen LogP contribution in [0.2, 0.25) is 0 Å². The molecule has 1 aromatic heterocycles. The van der Waals surface area contributed by atoms with Crippen molar-refractivity contribution in [3.8, 4) is 11.3 Å². The fourth-order valence-corrected chi connectivity index (χ4v) is 9.82. The number of aromatic nitrogens is 1. The molecule has 4 aromatic rings. The van der Waals surface area contributed by atoms with Crippen LogP contribution >= 0.6 is 0 Å². The highest BCUT2D eigenvalue weighted by Gasteiger charge is 2.25. The summed E-state index contributed by atoms with van der Waals surface area (Å²) in [6.45, 7) is 12.2. The van der Waals surface area contributed by atoms with Crippen molar-refractivity contribution in [2.45, 2.75) is 51.0 Å². The Morgan fingerprint density at radius 1 is 0.608 bits per heavy atom. The number of carbonyl (C=O) groups is 4. The second kappa shape index (κ2) is 34.3. The van der Waals surface area contributed by atoms with E-state index < -0.39 is 0 Å². The molecule has 0 saturated carbocycles. The van der Waals surface area contributed by atoms with Crippen molar-refractivity contribution in [2.75, 3.05) is 176 Å². The highest BCUT2D eigenvalue weighted by Crippen LogP contribution is 2.34. The minimum atomic E-state index is -0.371. The average molecular weight is 1090 g/mol. The van der Waals surface area contributed by atoms with Gasteiger partial charge in [0.15, 0.2) is 0 Å². The number of likely N-dealkylation sites (N-methyl/N-ethyl adjacent to an activating group) is 1. The van der Waals surface area contributed by atoms with E-state index in [0.717, 1.165) is 69.4 Å². The molecular weight excluding hydrogens is 1010 g/mol. The summed E-state index contributed by atoms with van der Waals surface area (Å²) in [5, 5.41) is 6.39. The third kappa shape index (κ3) is 20.3. The number of ether oxygens (including phenoxy) is 8. The third-order valence-electron chi connectivity index (χ3n) is 14.2. The number of anilines is 2. The zero-order valence-corrected chi connectivity index (χ0v) is 46.5. The van der Waals surface area contributed by atoms with E-state index in [9.17, 15) is 19.2 Å². The molecule has 2 fully saturated rings. The molecule has 79 heavy (non-hydrogen) atoms. The largest absolute Gasteiger partial charge is 0.382 e. The number of aryl methyl sites for hydroxylation is 1. The first-order valence-corrected chi connectivity index (χ1v) is 28.2. The van der Waals surface area contributed by atoms with Gasteiger partial charge in [0.2, 0.25) is 5.91 Å². The highest BCUT2D eigenvalue weighted by atomic mass is 16.6. The standard InChI is InChI=1S/C60H83N7O12/c1-64(25-26-65-21-10-24-67(28-27-65)57(68)46-79-42-41-78-40-39-77-38-37-76-36-35-75-34-33-74-32-31-73-30-29-72-2)60(71)50-14-8-13-48(43-50)58(69)63-55-18-17-51(66-22-6-3-7-23-66)45-53(55)56-44-49(19-20-61-56)59(70)62-54-16-9-12-47-11-4-5-15-52(47)54/h4-5,8,11,13-15,17-20,43-45,54H,3,6-7,9-10,12,16,21-42,46H2,1-2H3,(H,62,70)(H,63,69). The van der Waals surface area contributed by atoms with Gasteiger partial charge >= 0.3 is 0 Å². The average Bonchev–Trinajstić information content (AvgIpc) is 3.78. The fraction of sp³-hybridized carbons (Fsp3) is 0.550. The molecule has 3 heterocycles. The van der Waals surface area contributed by atoms with Gasteiger partial charge in [-0.2, -0.15) is 0 Å². The van der Waals surface area contributed by atoms with Crippen molar-refractivity contribution in [2.24, 2.45) is 0 Å². The lowest BCUT2D eigenvalue weighted by Gasteiger charge is -2.29. The summed E-state index contributed by atoms with van der Waals surface area (Å²) < 4.78 is 43.5. The molecule has 1 atom stereocenters. The number of rotatable bonds is 33. The maximum absolute atomic E-state index is 14.1. The number of hydrogen-bond donors (Lipinski definition) is 2. The normalized spacial score (nSPS) is 15.8. The van der Waals surface area contributed by atoms with Crippen molar-refractivity contribution >= 4 is 35.0 Å². The Morgan fingerprint density at radius 2 is 1.25 bits per heavy atom. The van der Waals surface area contributed by atoms with Crippen molar-refractivity contribution < 1.29 is 57.1 Å². The van der Waals surface area contributed by atoms with Gasteiger partial charge in [0.1, 0.15) is 6.61 Å². The second-order valence-electron chi connectivity index (χ2n) is 19.9. The summed E-state index contributed by atoms with van der Waals surface area (Å²) in [5.41, 5.74) is 6.50. The molecule has 19 nitrogen and oxygen atoms in total. The number of carbonyl (C=O) groups excluding carboxylic acids is 4. The number of piperidine rings is 1. The van der Waals surface area contributed by atoms with Crippen LogP contribution in [0, 0.1) is 0 Å². The molecule has 430 valence electrons. The van der Waals surface area contributed by atoms with Gasteiger partial charge in [0.25, 0.3) is 17.7 Å². The molecule has 7 rings (SSSR count). The number of methoxy groups -OCH3 is 1. The number of hydrogen-bond acceptors (Lipinski definition) is 15. The first kappa shape index (κ1) is 60.8. The van der Waals surface area contributed by atoms with Crippen molar-refractivity contribution in [1.82, 2.24) is 25.0 Å². The Labute approximate surface area is 466 Å². The van der Waals surface area contributed by atoms with Crippen LogP contribution < -0.4 is 15.5 Å². The maximum atomic E-state index is 14.1. The van der Waals surface area contributed by atoms with E-state index in [1.165, 1.54) is 12.0 Å². The van der Waals surface area contributed by atoms with E-state index >= 15 is 0 Å². The van der Waals surface area contributed by atoms with Gasteiger partial charge in [-0.3, -0.25) is 29.1 Å². The molecule has 4 amide bonds. The quantitative estimate of drug-likeness (QED) is 0.0515. The van der Waals surface area contributed by atoms with E-state index in [1.54, 1.807) is 61.7 Å². The van der Waals surface area contributed by atoms with Gasteiger partial charge in [0, 0.05) is 94.1 Å². The molecular formula is C60H83N7O12. The molecule has 2 N–H and O–H groups in total. The lowest BCUT2D eigenvalue weighted by molar-refractivity contribution is -0.136. The number of amides is 4. The molecule has 2 aliphatic heterocycles. The molecule has 2 saturated heterocycles. The smallest absolute Gasteiger partial charge is 0.255 e. The summed E-state index contributed by atoms with van der Waals surface area (Å²) in [6, 6.07) is 24.5. The molecule has 3 aromatic carbocycles. The monoisotopic (exact) mass is 1090 g/mol. The van der Waals surface area contributed by atoms with E-state index in [4.69, 9.17) is 42.9 Å². The Bertz CT molecular complexity index is 2490. The van der Waals surface area contributed by atoms with Gasteiger partial charge in [-0.05, 0) is 111 Å². The van der Waals surface area contributed by atoms with Gasteiger partial charge < -0.3 is 63.2 Å². The van der Waals surface area contributed by atoms with Crippen LogP contribution in [0.1, 0.15) is 86.8 Å². The van der Waals surface area contributed by atoms with E-state index in [1.807, 2.05) is 35.2 Å². The zero-order chi connectivity index (χ0) is 55.3. The van der Waals surface area contributed by atoms with Crippen molar-refractivity contribution in [1.29, 1.82) is 0 Å². The van der Waals surface area contributed by atoms with Crippen LogP contribution in [0.15, 0.2) is 85.1 Å². The molecule has 3 aliphatic rings. The number of nitrogens with zero attached hydrogens (tertiary/aromatic N) is 5. The van der Waals surface area contributed by atoms with Gasteiger partial charge in [-0.1, -0.05) is 30.3 Å². The lowest BCUT2D eigenvalue weighted by atomic mass is 9.87. The van der Waals surface area contributed by atoms with Crippen LogP contribution in [-0.2, 0) is 49.1 Å². The van der Waals surface area contributed by atoms with E-state index in [-0.39, 0.29) is 36.3 Å². The van der Waals surface area contributed by atoms with E-state index in [2.05, 4.69) is 32.6 Å². The van der Waals surface area contributed by atoms with Gasteiger partial charge in [-0.15, -0.1) is 0 Å². The Hall–Kier alpha value is -5.87. The molecule has 1 aliphatic carbocycles.